The number of anilines is 1. The van der Waals surface area contributed by atoms with Gasteiger partial charge in [0.15, 0.2) is 0 Å². The van der Waals surface area contributed by atoms with Crippen LogP contribution < -0.4 is 5.32 Å². The van der Waals surface area contributed by atoms with Crippen molar-refractivity contribution in [1.82, 2.24) is 4.98 Å². The Balaban J connectivity index is 0.00000129. The summed E-state index contributed by atoms with van der Waals surface area (Å²) in [4.78, 5) is 3.61. The van der Waals surface area contributed by atoms with Gasteiger partial charge in [-0.1, -0.05) is 204 Å². The van der Waals surface area contributed by atoms with Crippen LogP contribution in [-0.2, 0) is 6.42 Å². The van der Waals surface area contributed by atoms with Gasteiger partial charge in [0, 0.05) is 40.5 Å². The standard InChI is InChI=1S/C50H40N2.2C2H6/c1-2-3-15-36-16-10-11-21-39(36)33-44-27-26-42(34-49(44)51-31-30-45(37-17-6-4-7-18-37)38-19-8-5-9-20-38)40-22-14-23-41(32-40)43-28-29-47-46-24-12-13-25-48(46)52-50(47)35-43;2*1-2/h2-30,32,34-35,51-52H,1,31,33H2;2*1-2H3/b15-3-;;. The molecule has 0 unspecified atom stereocenters. The van der Waals surface area contributed by atoms with Crippen LogP contribution in [0, 0.1) is 0 Å². The number of H-pyrrole nitrogens is 1. The molecular formula is C54H52N2. The van der Waals surface area contributed by atoms with Crippen molar-refractivity contribution in [1.29, 1.82) is 0 Å². The maximum Gasteiger partial charge on any atom is 0.0471 e. The molecule has 8 aromatic rings. The zero-order valence-corrected chi connectivity index (χ0v) is 33.1. The summed E-state index contributed by atoms with van der Waals surface area (Å²) in [5.74, 6) is 0. The molecule has 8 rings (SSSR count). The van der Waals surface area contributed by atoms with Crippen LogP contribution in [0.2, 0.25) is 0 Å². The van der Waals surface area contributed by atoms with E-state index < -0.39 is 0 Å². The third-order valence-corrected chi connectivity index (χ3v) is 9.76. The van der Waals surface area contributed by atoms with Gasteiger partial charge >= 0.3 is 0 Å². The van der Waals surface area contributed by atoms with Crippen LogP contribution in [0.3, 0.4) is 0 Å². The Morgan fingerprint density at radius 1 is 0.536 bits per heavy atom. The molecule has 2 nitrogen and oxygen atoms in total. The van der Waals surface area contributed by atoms with E-state index in [1.165, 1.54) is 66.4 Å². The Morgan fingerprint density at radius 2 is 1.12 bits per heavy atom. The fourth-order valence-corrected chi connectivity index (χ4v) is 7.12. The first kappa shape index (κ1) is 39.1. The fourth-order valence-electron chi connectivity index (χ4n) is 7.12. The van der Waals surface area contributed by atoms with E-state index >= 15 is 0 Å². The Bertz CT molecular complexity index is 2510. The molecule has 0 saturated carbocycles. The Labute approximate surface area is 333 Å². The highest BCUT2D eigenvalue weighted by atomic mass is 14.9. The largest absolute Gasteiger partial charge is 0.381 e. The highest BCUT2D eigenvalue weighted by Gasteiger charge is 2.12. The van der Waals surface area contributed by atoms with E-state index in [-0.39, 0.29) is 0 Å². The van der Waals surface area contributed by atoms with Crippen molar-refractivity contribution in [2.45, 2.75) is 34.1 Å². The highest BCUT2D eigenvalue weighted by molar-refractivity contribution is 6.08. The molecule has 0 radical (unpaired) electrons. The number of allylic oxidation sites excluding steroid dienone is 2. The lowest BCUT2D eigenvalue weighted by atomic mass is 9.94. The summed E-state index contributed by atoms with van der Waals surface area (Å²) >= 11 is 0. The van der Waals surface area contributed by atoms with Crippen LogP contribution in [0.5, 0.6) is 0 Å². The number of benzene rings is 7. The minimum absolute atomic E-state index is 0.679. The zero-order valence-electron chi connectivity index (χ0n) is 33.1. The highest BCUT2D eigenvalue weighted by Crippen LogP contribution is 2.34. The van der Waals surface area contributed by atoms with Gasteiger partial charge in [0.25, 0.3) is 0 Å². The Kier molecular flexibility index (Phi) is 13.7. The molecule has 7 aromatic carbocycles. The molecule has 0 aliphatic carbocycles. The topological polar surface area (TPSA) is 27.8 Å². The van der Waals surface area contributed by atoms with Crippen molar-refractivity contribution in [3.63, 3.8) is 0 Å². The molecule has 0 saturated heterocycles. The third-order valence-electron chi connectivity index (χ3n) is 9.76. The van der Waals surface area contributed by atoms with Crippen LogP contribution in [0.4, 0.5) is 5.69 Å². The van der Waals surface area contributed by atoms with Crippen LogP contribution in [-0.4, -0.2) is 11.5 Å². The lowest BCUT2D eigenvalue weighted by Crippen LogP contribution is -2.05. The van der Waals surface area contributed by atoms with Crippen molar-refractivity contribution in [2.24, 2.45) is 0 Å². The summed E-state index contributed by atoms with van der Waals surface area (Å²) in [6.07, 6.45) is 9.08. The molecule has 1 heterocycles. The summed E-state index contributed by atoms with van der Waals surface area (Å²) in [7, 11) is 0. The van der Waals surface area contributed by atoms with Gasteiger partial charge < -0.3 is 10.3 Å². The van der Waals surface area contributed by atoms with Crippen molar-refractivity contribution >= 4 is 39.1 Å². The maximum absolute atomic E-state index is 3.88. The number of fused-ring (bicyclic) bond motifs is 3. The predicted molar refractivity (Wildman–Crippen MR) is 246 cm³/mol. The average Bonchev–Trinajstić information content (AvgIpc) is 3.65. The van der Waals surface area contributed by atoms with E-state index in [9.17, 15) is 0 Å². The van der Waals surface area contributed by atoms with E-state index in [2.05, 4.69) is 199 Å². The Morgan fingerprint density at radius 3 is 1.84 bits per heavy atom. The van der Waals surface area contributed by atoms with Crippen molar-refractivity contribution in [3.8, 4) is 22.3 Å². The monoisotopic (exact) mass is 728 g/mol. The number of hydrogen-bond acceptors (Lipinski definition) is 1. The molecule has 0 aliphatic heterocycles. The summed E-state index contributed by atoms with van der Waals surface area (Å²) in [6.45, 7) is 12.6. The number of rotatable bonds is 11. The minimum Gasteiger partial charge on any atom is -0.381 e. The molecule has 0 bridgehead atoms. The van der Waals surface area contributed by atoms with Crippen LogP contribution in [0.25, 0.3) is 55.7 Å². The summed E-state index contributed by atoms with van der Waals surface area (Å²) in [6, 6.07) is 60.9. The number of aromatic amines is 1. The Hall–Kier alpha value is -6.64. The van der Waals surface area contributed by atoms with Crippen LogP contribution in [0.15, 0.2) is 195 Å². The number of hydrogen-bond donors (Lipinski definition) is 2. The van der Waals surface area contributed by atoms with E-state index in [0.717, 1.165) is 23.1 Å². The van der Waals surface area contributed by atoms with Gasteiger partial charge in [-0.05, 0) is 79.9 Å². The summed E-state index contributed by atoms with van der Waals surface area (Å²) in [5, 5.41) is 6.35. The first-order valence-electron chi connectivity index (χ1n) is 19.9. The summed E-state index contributed by atoms with van der Waals surface area (Å²) in [5.41, 5.74) is 15.5. The van der Waals surface area contributed by atoms with E-state index in [0.29, 0.717) is 6.54 Å². The molecular weight excluding hydrogens is 677 g/mol. The van der Waals surface area contributed by atoms with Gasteiger partial charge in [-0.25, -0.2) is 0 Å². The maximum atomic E-state index is 3.88. The first-order valence-corrected chi connectivity index (χ1v) is 19.9. The van der Waals surface area contributed by atoms with Gasteiger partial charge in [-0.3, -0.25) is 0 Å². The summed E-state index contributed by atoms with van der Waals surface area (Å²) < 4.78 is 0. The van der Waals surface area contributed by atoms with Gasteiger partial charge in [0.05, 0.1) is 0 Å². The van der Waals surface area contributed by atoms with E-state index in [1.54, 1.807) is 0 Å². The molecule has 0 aliphatic rings. The second-order valence-electron chi connectivity index (χ2n) is 13.1. The molecule has 1 aromatic heterocycles. The lowest BCUT2D eigenvalue weighted by Gasteiger charge is -2.16. The molecule has 0 amide bonds. The second kappa shape index (κ2) is 19.6. The fraction of sp³-hybridized carbons (Fsp3) is 0.111. The zero-order chi connectivity index (χ0) is 39.1. The van der Waals surface area contributed by atoms with Crippen LogP contribution >= 0.6 is 0 Å². The van der Waals surface area contributed by atoms with E-state index in [4.69, 9.17) is 0 Å². The molecule has 56 heavy (non-hydrogen) atoms. The number of para-hydroxylation sites is 1. The van der Waals surface area contributed by atoms with Gasteiger partial charge in [-0.2, -0.15) is 0 Å². The number of nitrogens with one attached hydrogen (secondary N) is 2. The molecule has 278 valence electrons. The molecule has 0 atom stereocenters. The second-order valence-corrected chi connectivity index (χ2v) is 13.1. The van der Waals surface area contributed by atoms with Crippen molar-refractivity contribution < 1.29 is 0 Å². The average molecular weight is 729 g/mol. The first-order chi connectivity index (χ1) is 27.7. The molecule has 2 N–H and O–H groups in total. The SMILES string of the molecule is C=C/C=C\c1ccccc1Cc1ccc(-c2cccc(-c3ccc4c(c3)[nH]c3ccccc34)c2)cc1NCC=C(c1ccccc1)c1ccccc1.CC.CC. The van der Waals surface area contributed by atoms with Gasteiger partial charge in [0.2, 0.25) is 0 Å². The molecule has 0 spiro atoms. The lowest BCUT2D eigenvalue weighted by molar-refractivity contribution is 1.17. The quantitative estimate of drug-likeness (QED) is 0.128. The molecule has 0 fully saturated rings. The van der Waals surface area contributed by atoms with Gasteiger partial charge in [-0.15, -0.1) is 0 Å². The number of aromatic nitrogens is 1. The minimum atomic E-state index is 0.679. The predicted octanol–water partition coefficient (Wildman–Crippen LogP) is 15.0. The smallest absolute Gasteiger partial charge is 0.0471 e. The van der Waals surface area contributed by atoms with Crippen LogP contribution in [0.1, 0.15) is 55.5 Å². The van der Waals surface area contributed by atoms with E-state index in [1.807, 2.05) is 39.8 Å². The third kappa shape index (κ3) is 9.17. The molecule has 2 heteroatoms. The van der Waals surface area contributed by atoms with Crippen molar-refractivity contribution in [2.75, 3.05) is 11.9 Å². The normalized spacial score (nSPS) is 10.6. The van der Waals surface area contributed by atoms with Crippen molar-refractivity contribution in [3.05, 3.63) is 222 Å². The van der Waals surface area contributed by atoms with Gasteiger partial charge in [0.1, 0.15) is 0 Å².